The fourth-order valence-electron chi connectivity index (χ4n) is 4.21. The molecule has 4 rings (SSSR count). The summed E-state index contributed by atoms with van der Waals surface area (Å²) in [5, 5.41) is 12.0. The van der Waals surface area contributed by atoms with Crippen molar-refractivity contribution in [2.45, 2.75) is 17.6 Å². The van der Waals surface area contributed by atoms with E-state index in [1.807, 2.05) is 16.7 Å². The van der Waals surface area contributed by atoms with Gasteiger partial charge in [0.1, 0.15) is 11.9 Å². The number of aliphatic hydroxyl groups is 1. The van der Waals surface area contributed by atoms with Gasteiger partial charge in [-0.15, -0.1) is 0 Å². The van der Waals surface area contributed by atoms with Gasteiger partial charge in [-0.3, -0.25) is 9.46 Å². The number of nitrogens with zero attached hydrogens (tertiary/aromatic N) is 2. The molecular weight excluding hydrogens is 589 g/mol. The molecule has 3 amide bonds. The van der Waals surface area contributed by atoms with Crippen LogP contribution in [-0.4, -0.2) is 80.8 Å². The first-order valence-electron chi connectivity index (χ1n) is 12.1. The number of amides is 3. The number of rotatable bonds is 9. The monoisotopic (exact) mass is 617 g/mol. The van der Waals surface area contributed by atoms with E-state index in [1.165, 1.54) is 35.2 Å². The van der Waals surface area contributed by atoms with E-state index in [0.717, 1.165) is 24.6 Å². The van der Waals surface area contributed by atoms with Gasteiger partial charge in [0, 0.05) is 30.3 Å². The van der Waals surface area contributed by atoms with Crippen molar-refractivity contribution in [1.82, 2.24) is 5.32 Å². The second-order valence-electron chi connectivity index (χ2n) is 9.15. The van der Waals surface area contributed by atoms with E-state index in [1.54, 1.807) is 12.1 Å². The molecule has 6 N–H and O–H groups in total. The number of hydrogen-bond donors (Lipinski definition) is 6. The Hall–Kier alpha value is -2.77. The molecule has 216 valence electrons. The van der Waals surface area contributed by atoms with Crippen molar-refractivity contribution in [2.75, 3.05) is 52.8 Å². The van der Waals surface area contributed by atoms with Gasteiger partial charge in [-0.1, -0.05) is 12.1 Å². The average Bonchev–Trinajstić information content (AvgIpc) is 3.28. The predicted molar refractivity (Wildman–Crippen MR) is 148 cm³/mol. The summed E-state index contributed by atoms with van der Waals surface area (Å²) in [5.41, 5.74) is 1.26. The Labute approximate surface area is 233 Å². The highest BCUT2D eigenvalue weighted by molar-refractivity contribution is 7.99. The summed E-state index contributed by atoms with van der Waals surface area (Å²) >= 11 is 1.82. The number of halogens is 1. The standard InChI is InChI=1S/C23H27FN4O9P2S/c24-19-11-17(5-6-20(19)27-7-9-40-10-8-27)28-14-18(37-22(28)30)13-25-21(29)26-16-3-1-15(2-4-16)12-23(31,38(32)33)39(34,35)36/h1-6,11,18,31H,7-10,12-14H2,(H4-,25,26,29,32,33,34,35,36)/p+1/t18-,23?/m0/s1. The summed E-state index contributed by atoms with van der Waals surface area (Å²) in [4.78, 5) is 55.7. The van der Waals surface area contributed by atoms with E-state index in [-0.39, 0.29) is 24.3 Å². The SMILES string of the molecule is O=C(NC[C@H]1CN(c2ccc(N3CCSCC3)c(F)c2)C(=O)O1)Nc1ccc(CC(O)([P+](=O)O)P(=O)(O)O)cc1. The molecule has 3 atom stereocenters. The van der Waals surface area contributed by atoms with Gasteiger partial charge in [0.15, 0.2) is 0 Å². The summed E-state index contributed by atoms with van der Waals surface area (Å²) in [6.45, 7) is 1.57. The Kier molecular flexibility index (Phi) is 9.36. The largest absolute Gasteiger partial charge is 0.555 e. The Morgan fingerprint density at radius 3 is 2.48 bits per heavy atom. The second kappa shape index (κ2) is 12.4. The predicted octanol–water partition coefficient (Wildman–Crippen LogP) is 2.63. The highest BCUT2D eigenvalue weighted by atomic mass is 32.2. The Morgan fingerprint density at radius 1 is 1.20 bits per heavy atom. The minimum atomic E-state index is -5.32. The van der Waals surface area contributed by atoms with Crippen LogP contribution in [0.25, 0.3) is 0 Å². The van der Waals surface area contributed by atoms with Gasteiger partial charge in [0.2, 0.25) is 0 Å². The van der Waals surface area contributed by atoms with Gasteiger partial charge in [-0.05, 0) is 40.5 Å². The van der Waals surface area contributed by atoms with Crippen molar-refractivity contribution in [1.29, 1.82) is 0 Å². The third kappa shape index (κ3) is 6.92. The minimum Gasteiger partial charge on any atom is -0.442 e. The third-order valence-electron chi connectivity index (χ3n) is 6.39. The minimum absolute atomic E-state index is 0.0307. The van der Waals surface area contributed by atoms with Crippen LogP contribution in [0, 0.1) is 5.82 Å². The number of hydrogen-bond acceptors (Lipinski definition) is 8. The van der Waals surface area contributed by atoms with Crippen LogP contribution >= 0.6 is 27.4 Å². The van der Waals surface area contributed by atoms with E-state index in [2.05, 4.69) is 10.6 Å². The lowest BCUT2D eigenvalue weighted by atomic mass is 10.1. The molecule has 2 saturated heterocycles. The second-order valence-corrected chi connectivity index (χ2v) is 13.8. The summed E-state index contributed by atoms with van der Waals surface area (Å²) < 4.78 is 43.0. The average molecular weight is 618 g/mol. The van der Waals surface area contributed by atoms with Gasteiger partial charge < -0.3 is 35.2 Å². The zero-order valence-electron chi connectivity index (χ0n) is 21.0. The first kappa shape index (κ1) is 30.2. The summed E-state index contributed by atoms with van der Waals surface area (Å²) in [6.07, 6.45) is -2.14. The Bertz CT molecular complexity index is 1330. The molecule has 0 aromatic heterocycles. The van der Waals surface area contributed by atoms with Gasteiger partial charge >= 0.3 is 32.8 Å². The zero-order valence-corrected chi connectivity index (χ0v) is 23.6. The van der Waals surface area contributed by atoms with Crippen LogP contribution in [-0.2, 0) is 20.3 Å². The van der Waals surface area contributed by atoms with Crippen LogP contribution in [0.2, 0.25) is 0 Å². The fraction of sp³-hybridized carbons (Fsp3) is 0.391. The molecule has 2 aromatic carbocycles. The number of nitrogens with one attached hydrogen (secondary N) is 2. The van der Waals surface area contributed by atoms with Gasteiger partial charge in [0.05, 0.1) is 30.9 Å². The quantitative estimate of drug-likeness (QED) is 0.227. The van der Waals surface area contributed by atoms with E-state index >= 15 is 0 Å². The van der Waals surface area contributed by atoms with E-state index in [0.29, 0.717) is 11.4 Å². The van der Waals surface area contributed by atoms with Crippen LogP contribution < -0.4 is 20.4 Å². The van der Waals surface area contributed by atoms with Crippen molar-refractivity contribution in [3.63, 3.8) is 0 Å². The van der Waals surface area contributed by atoms with Crippen molar-refractivity contribution in [3.8, 4) is 0 Å². The highest BCUT2D eigenvalue weighted by Crippen LogP contribution is 2.61. The lowest BCUT2D eigenvalue weighted by Gasteiger charge is -2.29. The van der Waals surface area contributed by atoms with Crippen LogP contribution in [0.15, 0.2) is 42.5 Å². The van der Waals surface area contributed by atoms with Crippen LogP contribution in [0.5, 0.6) is 0 Å². The molecule has 0 radical (unpaired) electrons. The third-order valence-corrected chi connectivity index (χ3v) is 10.5. The molecule has 0 bridgehead atoms. The molecule has 2 fully saturated rings. The van der Waals surface area contributed by atoms with Crippen molar-refractivity contribution >= 4 is 56.6 Å². The number of cyclic esters (lactones) is 1. The molecule has 2 aliphatic heterocycles. The van der Waals surface area contributed by atoms with Crippen molar-refractivity contribution in [2.24, 2.45) is 0 Å². The molecule has 0 saturated carbocycles. The summed E-state index contributed by atoms with van der Waals surface area (Å²) in [6, 6.07) is 9.35. The smallest absolute Gasteiger partial charge is 0.442 e. The van der Waals surface area contributed by atoms with Gasteiger partial charge in [-0.2, -0.15) is 16.7 Å². The molecule has 2 unspecified atom stereocenters. The van der Waals surface area contributed by atoms with Gasteiger partial charge in [-0.25, -0.2) is 14.0 Å². The Morgan fingerprint density at radius 2 is 1.88 bits per heavy atom. The Balaban J connectivity index is 1.28. The van der Waals surface area contributed by atoms with Crippen LogP contribution in [0.4, 0.5) is 31.0 Å². The van der Waals surface area contributed by atoms with Crippen molar-refractivity contribution in [3.05, 3.63) is 53.8 Å². The zero-order chi connectivity index (χ0) is 29.1. The lowest BCUT2D eigenvalue weighted by molar-refractivity contribution is 0.141. The molecule has 2 heterocycles. The normalized spacial score (nSPS) is 19.6. The van der Waals surface area contributed by atoms with Crippen molar-refractivity contribution < 1.29 is 47.6 Å². The number of carbonyl (C=O) groups excluding carboxylic acids is 2. The fourth-order valence-corrected chi connectivity index (χ4v) is 6.71. The maximum Gasteiger partial charge on any atom is 0.555 e. The number of benzene rings is 2. The molecule has 2 aromatic rings. The number of carbonyl (C=O) groups is 2. The lowest BCUT2D eigenvalue weighted by Crippen LogP contribution is -2.37. The van der Waals surface area contributed by atoms with E-state index < -0.39 is 51.2 Å². The van der Waals surface area contributed by atoms with E-state index in [4.69, 9.17) is 4.74 Å². The molecule has 0 aliphatic carbocycles. The van der Waals surface area contributed by atoms with Gasteiger partial charge in [0.25, 0.3) is 0 Å². The maximum atomic E-state index is 14.8. The van der Waals surface area contributed by atoms with Crippen LogP contribution in [0.1, 0.15) is 5.56 Å². The summed E-state index contributed by atoms with van der Waals surface area (Å²) in [5.74, 6) is 1.41. The molecular formula is C23H28FN4O9P2S+. The molecule has 40 heavy (non-hydrogen) atoms. The van der Waals surface area contributed by atoms with E-state index in [9.17, 15) is 42.9 Å². The first-order valence-corrected chi connectivity index (χ1v) is 16.0. The number of ether oxygens (including phenoxy) is 1. The summed E-state index contributed by atoms with van der Waals surface area (Å²) in [7, 11) is -8.94. The highest BCUT2D eigenvalue weighted by Gasteiger charge is 2.62. The van der Waals surface area contributed by atoms with Crippen LogP contribution in [0.3, 0.4) is 0 Å². The molecule has 0 spiro atoms. The first-order chi connectivity index (χ1) is 18.9. The topological polar surface area (TPSA) is 189 Å². The number of anilines is 3. The maximum absolute atomic E-state index is 14.8. The molecule has 13 nitrogen and oxygen atoms in total. The number of thioether (sulfide) groups is 1. The number of urea groups is 1. The molecule has 2 aliphatic rings. The molecule has 17 heteroatoms.